The van der Waals surface area contributed by atoms with Crippen LogP contribution < -0.4 is 16.2 Å². The summed E-state index contributed by atoms with van der Waals surface area (Å²) in [5.41, 5.74) is 3.71. The molecule has 3 N–H and O–H groups in total. The van der Waals surface area contributed by atoms with Crippen LogP contribution in [0.25, 0.3) is 0 Å². The highest BCUT2D eigenvalue weighted by atomic mass is 79.9. The van der Waals surface area contributed by atoms with E-state index < -0.39 is 0 Å². The van der Waals surface area contributed by atoms with E-state index in [9.17, 15) is 0 Å². The minimum Gasteiger partial charge on any atom is -0.355 e. The van der Waals surface area contributed by atoms with E-state index >= 15 is 0 Å². The maximum atomic E-state index is 5.33. The minimum absolute atomic E-state index is 0.598. The highest BCUT2D eigenvalue weighted by Crippen LogP contribution is 2.17. The second-order valence-corrected chi connectivity index (χ2v) is 4.81. The van der Waals surface area contributed by atoms with Gasteiger partial charge in [-0.2, -0.15) is 0 Å². The van der Waals surface area contributed by atoms with E-state index in [0.717, 1.165) is 16.8 Å². The van der Waals surface area contributed by atoms with Gasteiger partial charge in [0.1, 0.15) is 18.0 Å². The quantitative estimate of drug-likeness (QED) is 0.669. The van der Waals surface area contributed by atoms with Gasteiger partial charge in [-0.1, -0.05) is 28.1 Å². The number of nitrogens with zero attached hydrogens (tertiary/aromatic N) is 3. The average Bonchev–Trinajstić information content (AvgIpc) is 2.39. The summed E-state index contributed by atoms with van der Waals surface area (Å²) in [7, 11) is 1.98. The minimum atomic E-state index is 0.598. The molecule has 0 unspecified atom stereocenters. The van der Waals surface area contributed by atoms with Crippen molar-refractivity contribution in [2.45, 2.75) is 6.54 Å². The first kappa shape index (κ1) is 12.8. The molecule has 0 aliphatic rings. The van der Waals surface area contributed by atoms with Crippen LogP contribution in [0.3, 0.4) is 0 Å². The van der Waals surface area contributed by atoms with Crippen molar-refractivity contribution in [3.05, 3.63) is 46.7 Å². The first-order chi connectivity index (χ1) is 8.69. The SMILES string of the molecule is CN(Cc1cccc(Br)c1)c1cc(NN)ncn1. The van der Waals surface area contributed by atoms with Gasteiger partial charge in [-0.25, -0.2) is 15.8 Å². The maximum absolute atomic E-state index is 5.33. The van der Waals surface area contributed by atoms with Crippen LogP contribution in [-0.4, -0.2) is 17.0 Å². The number of anilines is 2. The van der Waals surface area contributed by atoms with Crippen molar-refractivity contribution in [3.8, 4) is 0 Å². The Morgan fingerprint density at radius 2 is 2.17 bits per heavy atom. The fraction of sp³-hybridized carbons (Fsp3) is 0.167. The third-order valence-corrected chi connectivity index (χ3v) is 2.99. The molecule has 18 heavy (non-hydrogen) atoms. The fourth-order valence-corrected chi connectivity index (χ4v) is 2.07. The van der Waals surface area contributed by atoms with Crippen LogP contribution in [0.5, 0.6) is 0 Å². The van der Waals surface area contributed by atoms with Crippen molar-refractivity contribution in [1.82, 2.24) is 9.97 Å². The summed E-state index contributed by atoms with van der Waals surface area (Å²) in [6, 6.07) is 9.98. The van der Waals surface area contributed by atoms with E-state index in [1.807, 2.05) is 24.1 Å². The van der Waals surface area contributed by atoms with Crippen LogP contribution in [-0.2, 0) is 6.54 Å². The molecule has 1 aromatic carbocycles. The zero-order chi connectivity index (χ0) is 13.0. The Bertz CT molecular complexity index is 531. The third kappa shape index (κ3) is 3.18. The van der Waals surface area contributed by atoms with Gasteiger partial charge in [0, 0.05) is 24.1 Å². The van der Waals surface area contributed by atoms with Gasteiger partial charge in [-0.3, -0.25) is 0 Å². The first-order valence-corrected chi connectivity index (χ1v) is 6.22. The summed E-state index contributed by atoms with van der Waals surface area (Å²) >= 11 is 3.46. The number of halogens is 1. The number of hydrogen-bond donors (Lipinski definition) is 2. The van der Waals surface area contributed by atoms with Crippen molar-refractivity contribution < 1.29 is 0 Å². The Morgan fingerprint density at radius 3 is 2.89 bits per heavy atom. The molecule has 6 heteroatoms. The molecule has 0 radical (unpaired) electrons. The molecule has 2 aromatic rings. The molecular weight excluding hydrogens is 294 g/mol. The van der Waals surface area contributed by atoms with E-state index in [2.05, 4.69) is 43.5 Å². The molecule has 0 fully saturated rings. The number of hydrazine groups is 1. The lowest BCUT2D eigenvalue weighted by atomic mass is 10.2. The molecule has 0 aliphatic carbocycles. The Hall–Kier alpha value is -1.66. The predicted octanol–water partition coefficient (Wildman–Crippen LogP) is 2.16. The standard InChI is InChI=1S/C12H14BrN5/c1-18(7-9-3-2-4-10(13)5-9)12-6-11(17-14)15-8-16-12/h2-6,8H,7,14H2,1H3,(H,15,16,17). The van der Waals surface area contributed by atoms with Gasteiger partial charge in [0.05, 0.1) is 0 Å². The van der Waals surface area contributed by atoms with Gasteiger partial charge < -0.3 is 10.3 Å². The molecule has 0 saturated carbocycles. The van der Waals surface area contributed by atoms with Crippen molar-refractivity contribution in [1.29, 1.82) is 0 Å². The number of rotatable bonds is 4. The van der Waals surface area contributed by atoms with E-state index in [0.29, 0.717) is 5.82 Å². The molecule has 1 aromatic heterocycles. The van der Waals surface area contributed by atoms with Gasteiger partial charge in [-0.15, -0.1) is 0 Å². The number of nitrogen functional groups attached to an aromatic ring is 1. The Balaban J connectivity index is 2.13. The smallest absolute Gasteiger partial charge is 0.145 e. The molecule has 0 atom stereocenters. The van der Waals surface area contributed by atoms with Gasteiger partial charge in [0.25, 0.3) is 0 Å². The van der Waals surface area contributed by atoms with Crippen molar-refractivity contribution in [3.63, 3.8) is 0 Å². The molecule has 1 heterocycles. The molecule has 94 valence electrons. The van der Waals surface area contributed by atoms with Crippen LogP contribution >= 0.6 is 15.9 Å². The monoisotopic (exact) mass is 307 g/mol. The number of nitrogens with one attached hydrogen (secondary N) is 1. The fourth-order valence-electron chi connectivity index (χ4n) is 1.62. The van der Waals surface area contributed by atoms with E-state index in [1.165, 1.54) is 11.9 Å². The Kier molecular flexibility index (Phi) is 4.11. The summed E-state index contributed by atoms with van der Waals surface area (Å²) in [5, 5.41) is 0. The van der Waals surface area contributed by atoms with Crippen LogP contribution in [0, 0.1) is 0 Å². The normalized spacial score (nSPS) is 10.2. The second kappa shape index (κ2) is 5.79. The molecule has 0 amide bonds. The second-order valence-electron chi connectivity index (χ2n) is 3.89. The lowest BCUT2D eigenvalue weighted by Crippen LogP contribution is -2.18. The number of benzene rings is 1. The topological polar surface area (TPSA) is 67.1 Å². The summed E-state index contributed by atoms with van der Waals surface area (Å²) in [4.78, 5) is 10.2. The van der Waals surface area contributed by atoms with Gasteiger partial charge in [0.2, 0.25) is 0 Å². The molecule has 2 rings (SSSR count). The maximum Gasteiger partial charge on any atom is 0.145 e. The van der Waals surface area contributed by atoms with Crippen molar-refractivity contribution >= 4 is 27.6 Å². The number of hydrogen-bond acceptors (Lipinski definition) is 5. The Morgan fingerprint density at radius 1 is 1.33 bits per heavy atom. The van der Waals surface area contributed by atoms with Crippen LogP contribution in [0.2, 0.25) is 0 Å². The predicted molar refractivity (Wildman–Crippen MR) is 76.1 cm³/mol. The van der Waals surface area contributed by atoms with Crippen LogP contribution in [0.15, 0.2) is 41.1 Å². The largest absolute Gasteiger partial charge is 0.355 e. The molecule has 0 bridgehead atoms. The number of nitrogens with two attached hydrogens (primary N) is 1. The van der Waals surface area contributed by atoms with Crippen molar-refractivity contribution in [2.75, 3.05) is 17.4 Å². The van der Waals surface area contributed by atoms with Gasteiger partial charge in [0.15, 0.2) is 0 Å². The molecular formula is C12H14BrN5. The lowest BCUT2D eigenvalue weighted by Gasteiger charge is -2.18. The zero-order valence-corrected chi connectivity index (χ0v) is 11.6. The van der Waals surface area contributed by atoms with E-state index in [1.54, 1.807) is 6.07 Å². The highest BCUT2D eigenvalue weighted by molar-refractivity contribution is 9.10. The van der Waals surface area contributed by atoms with Gasteiger partial charge >= 0.3 is 0 Å². The molecule has 5 nitrogen and oxygen atoms in total. The average molecular weight is 308 g/mol. The highest BCUT2D eigenvalue weighted by Gasteiger charge is 2.05. The summed E-state index contributed by atoms with van der Waals surface area (Å²) in [6.45, 7) is 0.764. The van der Waals surface area contributed by atoms with Crippen LogP contribution in [0.4, 0.5) is 11.6 Å². The molecule has 0 aliphatic heterocycles. The zero-order valence-electron chi connectivity index (χ0n) is 9.97. The third-order valence-electron chi connectivity index (χ3n) is 2.50. The molecule has 0 spiro atoms. The van der Waals surface area contributed by atoms with E-state index in [-0.39, 0.29) is 0 Å². The van der Waals surface area contributed by atoms with Crippen LogP contribution in [0.1, 0.15) is 5.56 Å². The summed E-state index contributed by atoms with van der Waals surface area (Å²) < 4.78 is 1.07. The summed E-state index contributed by atoms with van der Waals surface area (Å²) in [6.07, 6.45) is 1.49. The number of aromatic nitrogens is 2. The first-order valence-electron chi connectivity index (χ1n) is 5.43. The van der Waals surface area contributed by atoms with Crippen molar-refractivity contribution in [2.24, 2.45) is 5.84 Å². The molecule has 0 saturated heterocycles. The lowest BCUT2D eigenvalue weighted by molar-refractivity contribution is 0.890. The van der Waals surface area contributed by atoms with E-state index in [4.69, 9.17) is 5.84 Å². The summed E-state index contributed by atoms with van der Waals surface area (Å²) in [5.74, 6) is 6.74. The Labute approximate surface area is 114 Å². The van der Waals surface area contributed by atoms with Gasteiger partial charge in [-0.05, 0) is 17.7 Å².